The number of hydrogen-bond donors (Lipinski definition) is 2. The predicted molar refractivity (Wildman–Crippen MR) is 106 cm³/mol. The van der Waals surface area contributed by atoms with Crippen LogP contribution in [0.5, 0.6) is 5.75 Å². The molecule has 0 fully saturated rings. The molecule has 0 radical (unpaired) electrons. The second-order valence-electron chi connectivity index (χ2n) is 7.54. The summed E-state index contributed by atoms with van der Waals surface area (Å²) in [5, 5.41) is 9.69. The smallest absolute Gasteiger partial charge is 0.228 e. The number of carbonyl (C=O) groups is 1. The highest BCUT2D eigenvalue weighted by atomic mass is 16.5. The van der Waals surface area contributed by atoms with Gasteiger partial charge in [-0.05, 0) is 35.2 Å². The summed E-state index contributed by atoms with van der Waals surface area (Å²) in [4.78, 5) is 20.5. The number of rotatable bonds is 7. The summed E-state index contributed by atoms with van der Waals surface area (Å²) in [6.45, 7) is 7.16. The summed E-state index contributed by atoms with van der Waals surface area (Å²) in [6.07, 6.45) is 1.79. The lowest BCUT2D eigenvalue weighted by atomic mass is 9.87. The van der Waals surface area contributed by atoms with E-state index in [4.69, 9.17) is 4.74 Å². The Labute approximate surface area is 164 Å². The Balaban J connectivity index is 1.46. The maximum atomic E-state index is 12.0. The van der Waals surface area contributed by atoms with E-state index < -0.39 is 0 Å². The van der Waals surface area contributed by atoms with Gasteiger partial charge in [0.25, 0.3) is 0 Å². The maximum Gasteiger partial charge on any atom is 0.228 e. The Hall–Kier alpha value is -3.22. The van der Waals surface area contributed by atoms with Crippen molar-refractivity contribution in [2.75, 3.05) is 0 Å². The third-order valence-corrected chi connectivity index (χ3v) is 4.19. The SMILES string of the molecule is CC(C)(C)c1ccc(OCc2nc(CC(=O)NCc3ccccn3)n[nH]2)cc1. The summed E-state index contributed by atoms with van der Waals surface area (Å²) in [6, 6.07) is 13.6. The maximum absolute atomic E-state index is 12.0. The molecule has 3 rings (SSSR count). The van der Waals surface area contributed by atoms with E-state index in [1.54, 1.807) is 6.20 Å². The quantitative estimate of drug-likeness (QED) is 0.658. The Kier molecular flexibility index (Phi) is 6.03. The van der Waals surface area contributed by atoms with Gasteiger partial charge < -0.3 is 10.1 Å². The van der Waals surface area contributed by atoms with Crippen LogP contribution in [0, 0.1) is 0 Å². The Morgan fingerprint density at radius 1 is 1.14 bits per heavy atom. The molecule has 0 spiro atoms. The first-order chi connectivity index (χ1) is 13.4. The molecule has 28 heavy (non-hydrogen) atoms. The van der Waals surface area contributed by atoms with Gasteiger partial charge in [-0.1, -0.05) is 39.0 Å². The second-order valence-corrected chi connectivity index (χ2v) is 7.54. The lowest BCUT2D eigenvalue weighted by molar-refractivity contribution is -0.120. The number of carbonyl (C=O) groups excluding carboxylic acids is 1. The summed E-state index contributed by atoms with van der Waals surface area (Å²) in [5.41, 5.74) is 2.16. The standard InChI is InChI=1S/C21H25N5O2/c1-21(2,3)15-7-9-17(10-8-15)28-14-19-24-18(25-26-19)12-20(27)23-13-16-6-4-5-11-22-16/h4-11H,12-14H2,1-3H3,(H,23,27)(H,24,25,26). The monoisotopic (exact) mass is 379 g/mol. The number of ether oxygens (including phenoxy) is 1. The normalized spacial score (nSPS) is 11.2. The number of amides is 1. The first-order valence-corrected chi connectivity index (χ1v) is 9.20. The predicted octanol–water partition coefficient (Wildman–Crippen LogP) is 2.94. The van der Waals surface area contributed by atoms with Gasteiger partial charge in [0.15, 0.2) is 11.6 Å². The van der Waals surface area contributed by atoms with Gasteiger partial charge in [-0.2, -0.15) is 5.10 Å². The van der Waals surface area contributed by atoms with Gasteiger partial charge >= 0.3 is 0 Å². The van der Waals surface area contributed by atoms with Gasteiger partial charge in [0.1, 0.15) is 12.4 Å². The van der Waals surface area contributed by atoms with E-state index in [0.29, 0.717) is 18.2 Å². The van der Waals surface area contributed by atoms with Crippen molar-refractivity contribution in [2.45, 2.75) is 45.8 Å². The third kappa shape index (κ3) is 5.64. The highest BCUT2D eigenvalue weighted by Gasteiger charge is 2.13. The number of aromatic nitrogens is 4. The van der Waals surface area contributed by atoms with E-state index in [1.165, 1.54) is 5.56 Å². The van der Waals surface area contributed by atoms with Crippen LogP contribution in [0.25, 0.3) is 0 Å². The molecule has 0 saturated carbocycles. The number of H-pyrrole nitrogens is 1. The molecule has 7 nitrogen and oxygen atoms in total. The molecule has 3 aromatic rings. The van der Waals surface area contributed by atoms with Crippen LogP contribution in [0.4, 0.5) is 0 Å². The molecule has 0 saturated heterocycles. The fourth-order valence-electron chi connectivity index (χ4n) is 2.58. The van der Waals surface area contributed by atoms with Gasteiger partial charge in [0.2, 0.25) is 5.91 Å². The Morgan fingerprint density at radius 2 is 1.93 bits per heavy atom. The molecular weight excluding hydrogens is 354 g/mol. The number of pyridine rings is 1. The Morgan fingerprint density at radius 3 is 2.61 bits per heavy atom. The van der Waals surface area contributed by atoms with Gasteiger partial charge in [-0.25, -0.2) is 4.98 Å². The first-order valence-electron chi connectivity index (χ1n) is 9.20. The van der Waals surface area contributed by atoms with E-state index >= 15 is 0 Å². The van der Waals surface area contributed by atoms with E-state index in [9.17, 15) is 4.79 Å². The summed E-state index contributed by atoms with van der Waals surface area (Å²) >= 11 is 0. The molecule has 1 aromatic carbocycles. The largest absolute Gasteiger partial charge is 0.486 e. The van der Waals surface area contributed by atoms with Crippen LogP contribution in [-0.2, 0) is 29.8 Å². The van der Waals surface area contributed by atoms with E-state index in [1.807, 2.05) is 30.3 Å². The highest BCUT2D eigenvalue weighted by molar-refractivity contribution is 5.77. The topological polar surface area (TPSA) is 92.8 Å². The zero-order chi connectivity index (χ0) is 20.0. The molecule has 7 heteroatoms. The lowest BCUT2D eigenvalue weighted by Crippen LogP contribution is -2.25. The van der Waals surface area contributed by atoms with Crippen molar-refractivity contribution in [3.63, 3.8) is 0 Å². The average molecular weight is 379 g/mol. The highest BCUT2D eigenvalue weighted by Crippen LogP contribution is 2.24. The van der Waals surface area contributed by atoms with Crippen LogP contribution >= 0.6 is 0 Å². The summed E-state index contributed by atoms with van der Waals surface area (Å²) < 4.78 is 5.74. The number of nitrogens with one attached hydrogen (secondary N) is 2. The van der Waals surface area contributed by atoms with Gasteiger partial charge in [0.05, 0.1) is 18.7 Å². The molecule has 0 bridgehead atoms. The van der Waals surface area contributed by atoms with E-state index in [0.717, 1.165) is 11.4 Å². The molecule has 0 atom stereocenters. The molecule has 2 aromatic heterocycles. The summed E-state index contributed by atoms with van der Waals surface area (Å²) in [5.74, 6) is 1.61. The number of benzene rings is 1. The van der Waals surface area contributed by atoms with Gasteiger partial charge in [-0.15, -0.1) is 0 Å². The first kappa shape index (κ1) is 19.5. The second kappa shape index (κ2) is 8.65. The lowest BCUT2D eigenvalue weighted by Gasteiger charge is -2.19. The average Bonchev–Trinajstić information content (AvgIpc) is 3.12. The summed E-state index contributed by atoms with van der Waals surface area (Å²) in [7, 11) is 0. The number of aromatic amines is 1. The molecule has 1 amide bonds. The fraction of sp³-hybridized carbons (Fsp3) is 0.333. The molecule has 2 heterocycles. The van der Waals surface area contributed by atoms with Crippen molar-refractivity contribution < 1.29 is 9.53 Å². The van der Waals surface area contributed by atoms with Gasteiger partial charge in [0, 0.05) is 6.20 Å². The van der Waals surface area contributed by atoms with Gasteiger partial charge in [-0.3, -0.25) is 14.9 Å². The number of nitrogens with zero attached hydrogens (tertiary/aromatic N) is 3. The fourth-order valence-corrected chi connectivity index (χ4v) is 2.58. The van der Waals surface area contributed by atoms with Crippen molar-refractivity contribution >= 4 is 5.91 Å². The molecule has 2 N–H and O–H groups in total. The minimum atomic E-state index is -0.158. The van der Waals surface area contributed by atoms with Crippen LogP contribution in [-0.4, -0.2) is 26.1 Å². The third-order valence-electron chi connectivity index (χ3n) is 4.19. The molecule has 146 valence electrons. The van der Waals surface area contributed by atoms with E-state index in [-0.39, 0.29) is 24.3 Å². The minimum Gasteiger partial charge on any atom is -0.486 e. The van der Waals surface area contributed by atoms with Crippen molar-refractivity contribution in [2.24, 2.45) is 0 Å². The zero-order valence-electron chi connectivity index (χ0n) is 16.4. The molecular formula is C21H25N5O2. The molecule has 0 aliphatic heterocycles. The van der Waals surface area contributed by atoms with Crippen LogP contribution in [0.1, 0.15) is 43.7 Å². The van der Waals surface area contributed by atoms with Crippen LogP contribution in [0.2, 0.25) is 0 Å². The molecule has 0 unspecified atom stereocenters. The van der Waals surface area contributed by atoms with Crippen LogP contribution in [0.15, 0.2) is 48.7 Å². The van der Waals surface area contributed by atoms with Crippen molar-refractivity contribution in [3.8, 4) is 5.75 Å². The van der Waals surface area contributed by atoms with Crippen molar-refractivity contribution in [3.05, 3.63) is 71.6 Å². The number of hydrogen-bond acceptors (Lipinski definition) is 5. The van der Waals surface area contributed by atoms with Crippen LogP contribution in [0.3, 0.4) is 0 Å². The van der Waals surface area contributed by atoms with Crippen molar-refractivity contribution in [1.29, 1.82) is 0 Å². The molecule has 0 aliphatic rings. The van der Waals surface area contributed by atoms with Crippen molar-refractivity contribution in [1.82, 2.24) is 25.5 Å². The molecule has 0 aliphatic carbocycles. The zero-order valence-corrected chi connectivity index (χ0v) is 16.4. The Bertz CT molecular complexity index is 899. The minimum absolute atomic E-state index is 0.101. The van der Waals surface area contributed by atoms with Crippen LogP contribution < -0.4 is 10.1 Å². The van der Waals surface area contributed by atoms with E-state index in [2.05, 4.69) is 58.4 Å².